The maximum atomic E-state index is 11.4. The monoisotopic (exact) mass is 185 g/mol. The van der Waals surface area contributed by atoms with E-state index in [9.17, 15) is 9.59 Å². The highest BCUT2D eigenvalue weighted by Gasteiger charge is 2.25. The van der Waals surface area contributed by atoms with E-state index in [1.165, 1.54) is 4.90 Å². The lowest BCUT2D eigenvalue weighted by molar-refractivity contribution is -0.147. The fourth-order valence-electron chi connectivity index (χ4n) is 0.783. The molecule has 0 bridgehead atoms. The Bertz CT molecular complexity index is 211. The van der Waals surface area contributed by atoms with Gasteiger partial charge in [0.15, 0.2) is 11.9 Å². The van der Waals surface area contributed by atoms with Crippen LogP contribution in [0.25, 0.3) is 0 Å². The minimum Gasteiger partial charge on any atom is -0.361 e. The third-order valence-corrected chi connectivity index (χ3v) is 1.46. The molecule has 0 spiro atoms. The van der Waals surface area contributed by atoms with E-state index in [2.05, 4.69) is 6.58 Å². The van der Waals surface area contributed by atoms with E-state index in [0.717, 1.165) is 6.08 Å². The number of nitrogens with zero attached hydrogens (tertiary/aromatic N) is 1. The van der Waals surface area contributed by atoms with Crippen LogP contribution in [0.15, 0.2) is 12.7 Å². The standard InChI is InChI=1S/C9H15NO3/c1-5-7(11)8(13-6-2)9(12)10(3)4/h5,8H,1,6H2,2-4H3. The fraction of sp³-hybridized carbons (Fsp3) is 0.556. The minimum atomic E-state index is -1.03. The molecule has 1 atom stereocenters. The number of likely N-dealkylation sites (N-methyl/N-ethyl adjacent to an activating group) is 1. The van der Waals surface area contributed by atoms with Gasteiger partial charge in [-0.15, -0.1) is 0 Å². The molecule has 0 aliphatic heterocycles. The van der Waals surface area contributed by atoms with Crippen molar-refractivity contribution < 1.29 is 14.3 Å². The van der Waals surface area contributed by atoms with Gasteiger partial charge in [0.25, 0.3) is 5.91 Å². The molecule has 4 nitrogen and oxygen atoms in total. The molecule has 4 heteroatoms. The van der Waals surface area contributed by atoms with Gasteiger partial charge >= 0.3 is 0 Å². The Hall–Kier alpha value is -1.16. The van der Waals surface area contributed by atoms with Crippen LogP contribution in [0.2, 0.25) is 0 Å². The number of carbonyl (C=O) groups is 2. The molecule has 0 N–H and O–H groups in total. The quantitative estimate of drug-likeness (QED) is 0.455. The summed E-state index contributed by atoms with van der Waals surface area (Å²) in [4.78, 5) is 23.8. The van der Waals surface area contributed by atoms with Gasteiger partial charge in [-0.25, -0.2) is 0 Å². The lowest BCUT2D eigenvalue weighted by atomic mass is 10.2. The van der Waals surface area contributed by atoms with Gasteiger partial charge in [0.2, 0.25) is 0 Å². The smallest absolute Gasteiger partial charge is 0.259 e. The van der Waals surface area contributed by atoms with Crippen LogP contribution >= 0.6 is 0 Å². The number of hydrogen-bond donors (Lipinski definition) is 0. The van der Waals surface area contributed by atoms with Crippen LogP contribution < -0.4 is 0 Å². The van der Waals surface area contributed by atoms with Crippen molar-refractivity contribution in [2.45, 2.75) is 13.0 Å². The zero-order valence-electron chi connectivity index (χ0n) is 8.24. The Morgan fingerprint density at radius 2 is 2.08 bits per heavy atom. The van der Waals surface area contributed by atoms with Gasteiger partial charge in [0.1, 0.15) is 0 Å². The van der Waals surface area contributed by atoms with Gasteiger partial charge in [-0.05, 0) is 13.0 Å². The highest BCUT2D eigenvalue weighted by atomic mass is 16.5. The maximum absolute atomic E-state index is 11.4. The molecule has 0 saturated carbocycles. The highest BCUT2D eigenvalue weighted by Crippen LogP contribution is 1.99. The highest BCUT2D eigenvalue weighted by molar-refractivity contribution is 6.09. The summed E-state index contributed by atoms with van der Waals surface area (Å²) in [6.07, 6.45) is 0.0688. The van der Waals surface area contributed by atoms with Crippen molar-refractivity contribution in [2.75, 3.05) is 20.7 Å². The fourth-order valence-corrected chi connectivity index (χ4v) is 0.783. The largest absolute Gasteiger partial charge is 0.361 e. The molecular weight excluding hydrogens is 170 g/mol. The van der Waals surface area contributed by atoms with Gasteiger partial charge in [0, 0.05) is 20.7 Å². The Balaban J connectivity index is 4.50. The summed E-state index contributed by atoms with van der Waals surface area (Å²) >= 11 is 0. The van der Waals surface area contributed by atoms with Crippen LogP contribution in [0.1, 0.15) is 6.92 Å². The average molecular weight is 185 g/mol. The second-order valence-corrected chi connectivity index (χ2v) is 2.67. The molecule has 0 aromatic rings. The van der Waals surface area contributed by atoms with E-state index in [0.29, 0.717) is 6.61 Å². The second kappa shape index (κ2) is 5.48. The SMILES string of the molecule is C=CC(=O)C(OCC)C(=O)N(C)C. The molecule has 1 amide bonds. The van der Waals surface area contributed by atoms with E-state index < -0.39 is 11.9 Å². The van der Waals surface area contributed by atoms with Crippen molar-refractivity contribution >= 4 is 11.7 Å². The number of amides is 1. The van der Waals surface area contributed by atoms with Gasteiger partial charge in [-0.2, -0.15) is 0 Å². The van der Waals surface area contributed by atoms with Crippen LogP contribution in [-0.4, -0.2) is 43.4 Å². The molecule has 74 valence electrons. The maximum Gasteiger partial charge on any atom is 0.259 e. The zero-order chi connectivity index (χ0) is 10.4. The normalized spacial score (nSPS) is 11.9. The van der Waals surface area contributed by atoms with Crippen LogP contribution in [0, 0.1) is 0 Å². The molecule has 0 radical (unpaired) electrons. The number of ether oxygens (including phenoxy) is 1. The predicted octanol–water partition coefficient (Wildman–Crippen LogP) is 0.235. The molecule has 0 aliphatic carbocycles. The first-order valence-electron chi connectivity index (χ1n) is 4.03. The third-order valence-electron chi connectivity index (χ3n) is 1.46. The molecule has 0 aliphatic rings. The van der Waals surface area contributed by atoms with Gasteiger partial charge in [-0.1, -0.05) is 6.58 Å². The molecule has 0 aromatic heterocycles. The Labute approximate surface area is 78.2 Å². The lowest BCUT2D eigenvalue weighted by Crippen LogP contribution is -2.40. The first kappa shape index (κ1) is 11.8. The first-order valence-corrected chi connectivity index (χ1v) is 4.03. The summed E-state index contributed by atoms with van der Waals surface area (Å²) in [6.45, 7) is 5.36. The predicted molar refractivity (Wildman–Crippen MR) is 49.3 cm³/mol. The summed E-state index contributed by atoms with van der Waals surface area (Å²) in [5.41, 5.74) is 0. The molecule has 0 rings (SSSR count). The van der Waals surface area contributed by atoms with Crippen molar-refractivity contribution in [1.29, 1.82) is 0 Å². The number of rotatable bonds is 5. The number of carbonyl (C=O) groups excluding carboxylic acids is 2. The summed E-state index contributed by atoms with van der Waals surface area (Å²) in [6, 6.07) is 0. The van der Waals surface area contributed by atoms with E-state index >= 15 is 0 Å². The van der Waals surface area contributed by atoms with Crippen molar-refractivity contribution in [3.8, 4) is 0 Å². The van der Waals surface area contributed by atoms with E-state index in [1.54, 1.807) is 21.0 Å². The lowest BCUT2D eigenvalue weighted by Gasteiger charge is -2.17. The molecule has 1 unspecified atom stereocenters. The van der Waals surface area contributed by atoms with E-state index in [-0.39, 0.29) is 5.91 Å². The Kier molecular flexibility index (Phi) is 4.99. The molecule has 0 aromatic carbocycles. The molecule has 0 fully saturated rings. The van der Waals surface area contributed by atoms with Gasteiger partial charge in [-0.3, -0.25) is 9.59 Å². The van der Waals surface area contributed by atoms with E-state index in [1.807, 2.05) is 0 Å². The summed E-state index contributed by atoms with van der Waals surface area (Å²) in [5, 5.41) is 0. The van der Waals surface area contributed by atoms with Gasteiger partial charge in [0.05, 0.1) is 0 Å². The van der Waals surface area contributed by atoms with Crippen molar-refractivity contribution in [1.82, 2.24) is 4.90 Å². The second-order valence-electron chi connectivity index (χ2n) is 2.67. The summed E-state index contributed by atoms with van der Waals surface area (Å²) < 4.78 is 5.01. The number of hydrogen-bond acceptors (Lipinski definition) is 3. The van der Waals surface area contributed by atoms with Crippen LogP contribution in [-0.2, 0) is 14.3 Å². The first-order chi connectivity index (χ1) is 6.04. The van der Waals surface area contributed by atoms with Gasteiger partial charge < -0.3 is 9.64 Å². The Morgan fingerprint density at radius 1 is 1.54 bits per heavy atom. The topological polar surface area (TPSA) is 46.6 Å². The Morgan fingerprint density at radius 3 is 2.38 bits per heavy atom. The molecule has 0 heterocycles. The van der Waals surface area contributed by atoms with Crippen LogP contribution in [0.4, 0.5) is 0 Å². The van der Waals surface area contributed by atoms with Crippen LogP contribution in [0.5, 0.6) is 0 Å². The molecule has 0 saturated heterocycles. The van der Waals surface area contributed by atoms with E-state index in [4.69, 9.17) is 4.74 Å². The molecule has 13 heavy (non-hydrogen) atoms. The summed E-state index contributed by atoms with van der Waals surface area (Å²) in [7, 11) is 3.15. The summed E-state index contributed by atoms with van der Waals surface area (Å²) in [5.74, 6) is -0.757. The van der Waals surface area contributed by atoms with Crippen molar-refractivity contribution in [3.63, 3.8) is 0 Å². The zero-order valence-corrected chi connectivity index (χ0v) is 8.24. The number of ketones is 1. The minimum absolute atomic E-state index is 0.323. The van der Waals surface area contributed by atoms with Crippen LogP contribution in [0.3, 0.4) is 0 Å². The molecular formula is C9H15NO3. The third kappa shape index (κ3) is 3.38. The van der Waals surface area contributed by atoms with Crippen molar-refractivity contribution in [2.24, 2.45) is 0 Å². The average Bonchev–Trinajstić information content (AvgIpc) is 2.11. The van der Waals surface area contributed by atoms with Crippen molar-refractivity contribution in [3.05, 3.63) is 12.7 Å².